The molecule has 2 rings (SSSR count). The summed E-state index contributed by atoms with van der Waals surface area (Å²) in [6.07, 6.45) is 0. The summed E-state index contributed by atoms with van der Waals surface area (Å²) in [5, 5.41) is 16.4. The fourth-order valence-electron chi connectivity index (χ4n) is 2.03. The van der Waals surface area contributed by atoms with Crippen LogP contribution in [0.25, 0.3) is 0 Å². The predicted octanol–water partition coefficient (Wildman–Crippen LogP) is 3.14. The minimum absolute atomic E-state index is 0.272. The molecule has 0 spiro atoms. The molecule has 0 saturated carbocycles. The van der Waals surface area contributed by atoms with Crippen LogP contribution in [0.15, 0.2) is 18.2 Å². The van der Waals surface area contributed by atoms with Gasteiger partial charge in [0.15, 0.2) is 0 Å². The van der Waals surface area contributed by atoms with Gasteiger partial charge < -0.3 is 10.4 Å². The topological polar surface area (TPSA) is 84.2 Å². The van der Waals surface area contributed by atoms with Crippen LogP contribution in [0, 0.1) is 13.8 Å². The Hall–Kier alpha value is -2.05. The zero-order chi connectivity index (χ0) is 16.4. The van der Waals surface area contributed by atoms with Gasteiger partial charge >= 0.3 is 5.97 Å². The van der Waals surface area contributed by atoms with Crippen LogP contribution in [0.5, 0.6) is 0 Å². The highest BCUT2D eigenvalue weighted by Gasteiger charge is 2.17. The van der Waals surface area contributed by atoms with E-state index in [4.69, 9.17) is 28.3 Å². The molecule has 8 heteroatoms. The van der Waals surface area contributed by atoms with Gasteiger partial charge in [-0.3, -0.25) is 14.3 Å². The van der Waals surface area contributed by atoms with Gasteiger partial charge in [0.25, 0.3) is 5.91 Å². The summed E-state index contributed by atoms with van der Waals surface area (Å²) in [5.74, 6) is -1.41. The molecule has 0 fully saturated rings. The Morgan fingerprint density at radius 3 is 2.36 bits per heavy atom. The predicted molar refractivity (Wildman–Crippen MR) is 83.8 cm³/mol. The number of halogens is 2. The number of nitrogens with one attached hydrogen (secondary N) is 1. The third-order valence-electron chi connectivity index (χ3n) is 3.03. The third-order valence-corrected chi connectivity index (χ3v) is 3.47. The minimum Gasteiger partial charge on any atom is -0.480 e. The highest BCUT2D eigenvalue weighted by molar-refractivity contribution is 6.35. The first-order valence-electron chi connectivity index (χ1n) is 6.31. The number of hydrogen-bond donors (Lipinski definition) is 2. The smallest absolute Gasteiger partial charge is 0.325 e. The molecule has 0 radical (unpaired) electrons. The van der Waals surface area contributed by atoms with E-state index in [9.17, 15) is 9.59 Å². The monoisotopic (exact) mass is 341 g/mol. The molecule has 0 aliphatic heterocycles. The summed E-state index contributed by atoms with van der Waals surface area (Å²) in [6.45, 7) is 3.10. The average molecular weight is 342 g/mol. The highest BCUT2D eigenvalue weighted by Crippen LogP contribution is 2.23. The maximum absolute atomic E-state index is 12.3. The van der Waals surface area contributed by atoms with Gasteiger partial charge in [0, 0.05) is 15.6 Å². The zero-order valence-corrected chi connectivity index (χ0v) is 13.4. The van der Waals surface area contributed by atoms with Crippen LogP contribution in [0.4, 0.5) is 5.69 Å². The molecule has 116 valence electrons. The molecule has 0 aliphatic carbocycles. The van der Waals surface area contributed by atoms with Crippen molar-refractivity contribution in [2.24, 2.45) is 0 Å². The van der Waals surface area contributed by atoms with Crippen molar-refractivity contribution < 1.29 is 14.7 Å². The number of aliphatic carboxylic acids is 1. The Morgan fingerprint density at radius 2 is 1.82 bits per heavy atom. The number of benzene rings is 1. The van der Waals surface area contributed by atoms with E-state index in [0.717, 1.165) is 0 Å². The van der Waals surface area contributed by atoms with Crippen LogP contribution >= 0.6 is 23.2 Å². The number of carboxylic acid groups (broad SMARTS) is 1. The molecule has 1 aromatic heterocycles. The van der Waals surface area contributed by atoms with Crippen LogP contribution in [0.2, 0.25) is 10.0 Å². The summed E-state index contributed by atoms with van der Waals surface area (Å²) in [4.78, 5) is 23.1. The Bertz CT molecular complexity index is 736. The van der Waals surface area contributed by atoms with Crippen molar-refractivity contribution in [1.29, 1.82) is 0 Å². The molecule has 0 aliphatic rings. The highest BCUT2D eigenvalue weighted by atomic mass is 35.5. The SMILES string of the molecule is Cc1nn(CC(=O)O)c(C)c1NC(=O)c1cc(Cl)cc(Cl)c1. The standard InChI is InChI=1S/C14H13Cl2N3O3/c1-7-13(8(2)19(18-7)6-12(20)21)17-14(22)9-3-10(15)5-11(16)4-9/h3-5H,6H2,1-2H3,(H,17,22)(H,20,21). The molecule has 2 aromatic rings. The molecule has 0 unspecified atom stereocenters. The van der Waals surface area contributed by atoms with Gasteiger partial charge in [0.2, 0.25) is 0 Å². The van der Waals surface area contributed by atoms with Crippen LogP contribution in [0.1, 0.15) is 21.7 Å². The number of aromatic nitrogens is 2. The van der Waals surface area contributed by atoms with Crippen molar-refractivity contribution in [2.45, 2.75) is 20.4 Å². The third kappa shape index (κ3) is 3.58. The van der Waals surface area contributed by atoms with E-state index in [-0.39, 0.29) is 6.54 Å². The lowest BCUT2D eigenvalue weighted by molar-refractivity contribution is -0.137. The van der Waals surface area contributed by atoms with E-state index in [2.05, 4.69) is 10.4 Å². The summed E-state index contributed by atoms with van der Waals surface area (Å²) in [5.41, 5.74) is 1.87. The minimum atomic E-state index is -1.01. The second-order valence-corrected chi connectivity index (χ2v) is 5.58. The van der Waals surface area contributed by atoms with Crippen LogP contribution in [-0.2, 0) is 11.3 Å². The summed E-state index contributed by atoms with van der Waals surface area (Å²) in [6, 6.07) is 4.52. The lowest BCUT2D eigenvalue weighted by Crippen LogP contribution is -2.14. The number of carbonyl (C=O) groups excluding carboxylic acids is 1. The first kappa shape index (κ1) is 16.3. The van der Waals surface area contributed by atoms with Gasteiger partial charge in [-0.1, -0.05) is 23.2 Å². The molecular weight excluding hydrogens is 329 g/mol. The number of amides is 1. The maximum Gasteiger partial charge on any atom is 0.325 e. The number of anilines is 1. The Morgan fingerprint density at radius 1 is 1.23 bits per heavy atom. The lowest BCUT2D eigenvalue weighted by atomic mass is 10.2. The molecule has 0 saturated heterocycles. The molecule has 1 amide bonds. The number of carboxylic acids is 1. The second kappa shape index (κ2) is 6.37. The molecule has 6 nitrogen and oxygen atoms in total. The van der Waals surface area contributed by atoms with Crippen LogP contribution in [-0.4, -0.2) is 26.8 Å². The van der Waals surface area contributed by atoms with E-state index in [0.29, 0.717) is 32.7 Å². The molecular formula is C14H13Cl2N3O3. The van der Waals surface area contributed by atoms with Gasteiger partial charge in [-0.25, -0.2) is 0 Å². The molecule has 1 heterocycles. The average Bonchev–Trinajstić information content (AvgIpc) is 2.64. The van der Waals surface area contributed by atoms with E-state index >= 15 is 0 Å². The van der Waals surface area contributed by atoms with E-state index in [1.165, 1.54) is 22.9 Å². The van der Waals surface area contributed by atoms with Crippen molar-refractivity contribution in [3.8, 4) is 0 Å². The Kier molecular flexibility index (Phi) is 4.73. The van der Waals surface area contributed by atoms with Crippen molar-refractivity contribution in [2.75, 3.05) is 5.32 Å². The molecule has 0 bridgehead atoms. The second-order valence-electron chi connectivity index (χ2n) is 4.71. The van der Waals surface area contributed by atoms with E-state index < -0.39 is 11.9 Å². The number of hydrogen-bond acceptors (Lipinski definition) is 3. The first-order valence-corrected chi connectivity index (χ1v) is 7.06. The largest absolute Gasteiger partial charge is 0.480 e. The van der Waals surface area contributed by atoms with Crippen molar-refractivity contribution >= 4 is 40.8 Å². The van der Waals surface area contributed by atoms with Gasteiger partial charge in [-0.2, -0.15) is 5.10 Å². The Labute approximate surface area is 136 Å². The summed E-state index contributed by atoms with van der Waals surface area (Å²) in [7, 11) is 0. The number of rotatable bonds is 4. The van der Waals surface area contributed by atoms with Gasteiger partial charge in [-0.05, 0) is 32.0 Å². The van der Waals surface area contributed by atoms with Crippen molar-refractivity contribution in [3.63, 3.8) is 0 Å². The maximum atomic E-state index is 12.3. The summed E-state index contributed by atoms with van der Waals surface area (Å²) < 4.78 is 1.32. The van der Waals surface area contributed by atoms with E-state index in [1.54, 1.807) is 13.8 Å². The fourth-order valence-corrected chi connectivity index (χ4v) is 2.56. The first-order chi connectivity index (χ1) is 10.3. The van der Waals surface area contributed by atoms with Gasteiger partial charge in [0.1, 0.15) is 6.54 Å². The molecule has 1 aromatic carbocycles. The van der Waals surface area contributed by atoms with Gasteiger partial charge in [0.05, 0.1) is 17.1 Å². The van der Waals surface area contributed by atoms with Crippen LogP contribution < -0.4 is 5.32 Å². The molecule has 22 heavy (non-hydrogen) atoms. The molecule has 0 atom stereocenters. The van der Waals surface area contributed by atoms with Crippen molar-refractivity contribution in [1.82, 2.24) is 9.78 Å². The Balaban J connectivity index is 2.28. The quantitative estimate of drug-likeness (QED) is 0.894. The number of carbonyl (C=O) groups is 2. The van der Waals surface area contributed by atoms with Gasteiger partial charge in [-0.15, -0.1) is 0 Å². The van der Waals surface area contributed by atoms with Crippen molar-refractivity contribution in [3.05, 3.63) is 45.2 Å². The number of aryl methyl sites for hydroxylation is 1. The van der Waals surface area contributed by atoms with E-state index in [1.807, 2.05) is 0 Å². The number of nitrogens with zero attached hydrogens (tertiary/aromatic N) is 2. The normalized spacial score (nSPS) is 10.5. The fraction of sp³-hybridized carbons (Fsp3) is 0.214. The molecule has 2 N–H and O–H groups in total. The summed E-state index contributed by atoms with van der Waals surface area (Å²) >= 11 is 11.7. The zero-order valence-electron chi connectivity index (χ0n) is 11.9. The lowest BCUT2D eigenvalue weighted by Gasteiger charge is -2.07. The van der Waals surface area contributed by atoms with Crippen LogP contribution in [0.3, 0.4) is 0 Å².